The maximum absolute atomic E-state index is 3.83. The lowest BCUT2D eigenvalue weighted by atomic mass is 9.73. The van der Waals surface area contributed by atoms with Gasteiger partial charge in [-0.2, -0.15) is 11.8 Å². The molecule has 1 N–H and O–H groups in total. The average molecular weight is 229 g/mol. The lowest BCUT2D eigenvalue weighted by molar-refractivity contribution is 0.157. The van der Waals surface area contributed by atoms with Crippen molar-refractivity contribution in [2.75, 3.05) is 12.0 Å². The highest BCUT2D eigenvalue weighted by Gasteiger charge is 2.32. The maximum Gasteiger partial charge on any atom is 0.0121 e. The van der Waals surface area contributed by atoms with Crippen molar-refractivity contribution in [2.24, 2.45) is 5.41 Å². The molecule has 0 aromatic rings. The Morgan fingerprint density at radius 3 is 2.73 bits per heavy atom. The monoisotopic (exact) mass is 229 g/mol. The van der Waals surface area contributed by atoms with Gasteiger partial charge in [0.05, 0.1) is 0 Å². The molecule has 90 valence electrons. The van der Waals surface area contributed by atoms with Gasteiger partial charge in [-0.1, -0.05) is 26.7 Å². The van der Waals surface area contributed by atoms with E-state index in [1.54, 1.807) is 0 Å². The summed E-state index contributed by atoms with van der Waals surface area (Å²) in [6.45, 7) is 7.18. The molecule has 0 spiro atoms. The third-order valence-electron chi connectivity index (χ3n) is 3.75. The maximum atomic E-state index is 3.83. The Morgan fingerprint density at radius 2 is 2.13 bits per heavy atom. The van der Waals surface area contributed by atoms with Gasteiger partial charge in [-0.25, -0.2) is 0 Å². The largest absolute Gasteiger partial charge is 0.311 e. The van der Waals surface area contributed by atoms with Gasteiger partial charge in [-0.05, 0) is 43.6 Å². The molecule has 0 aromatic carbocycles. The molecule has 1 aliphatic carbocycles. The number of thioether (sulfide) groups is 1. The molecular formula is C13H27NS. The first-order valence-corrected chi connectivity index (χ1v) is 7.70. The molecule has 1 aliphatic rings. The highest BCUT2D eigenvalue weighted by molar-refractivity contribution is 7.98. The second-order valence-electron chi connectivity index (χ2n) is 5.64. The molecule has 0 bridgehead atoms. The van der Waals surface area contributed by atoms with Crippen LogP contribution in [0.15, 0.2) is 0 Å². The van der Waals surface area contributed by atoms with Gasteiger partial charge in [0.15, 0.2) is 0 Å². The molecule has 15 heavy (non-hydrogen) atoms. The summed E-state index contributed by atoms with van der Waals surface area (Å²) >= 11 is 1.95. The highest BCUT2D eigenvalue weighted by atomic mass is 32.2. The van der Waals surface area contributed by atoms with Crippen molar-refractivity contribution in [3.8, 4) is 0 Å². The summed E-state index contributed by atoms with van der Waals surface area (Å²) in [4.78, 5) is 0. The Morgan fingerprint density at radius 1 is 1.40 bits per heavy atom. The lowest BCUT2D eigenvalue weighted by Crippen LogP contribution is -2.47. The van der Waals surface area contributed by atoms with Crippen molar-refractivity contribution in [3.05, 3.63) is 0 Å². The number of hydrogen-bond acceptors (Lipinski definition) is 2. The van der Waals surface area contributed by atoms with Crippen molar-refractivity contribution in [3.63, 3.8) is 0 Å². The second kappa shape index (κ2) is 6.15. The molecule has 0 saturated heterocycles. The van der Waals surface area contributed by atoms with Crippen molar-refractivity contribution in [1.29, 1.82) is 0 Å². The zero-order valence-corrected chi connectivity index (χ0v) is 11.6. The molecule has 0 heterocycles. The molecule has 2 unspecified atom stereocenters. The van der Waals surface area contributed by atoms with Gasteiger partial charge in [-0.3, -0.25) is 0 Å². The van der Waals surface area contributed by atoms with E-state index in [-0.39, 0.29) is 0 Å². The fraction of sp³-hybridized carbons (Fsp3) is 1.00. The molecule has 1 saturated carbocycles. The van der Waals surface area contributed by atoms with E-state index < -0.39 is 0 Å². The van der Waals surface area contributed by atoms with Gasteiger partial charge < -0.3 is 5.32 Å². The summed E-state index contributed by atoms with van der Waals surface area (Å²) in [6.07, 6.45) is 9.09. The van der Waals surface area contributed by atoms with E-state index in [4.69, 9.17) is 0 Å². The summed E-state index contributed by atoms with van der Waals surface area (Å²) in [5.74, 6) is 1.28. The molecule has 1 nitrogen and oxygen atoms in total. The first-order valence-electron chi connectivity index (χ1n) is 6.31. The Balaban J connectivity index is 2.34. The summed E-state index contributed by atoms with van der Waals surface area (Å²) in [5.41, 5.74) is 0.506. The minimum absolute atomic E-state index is 0.506. The van der Waals surface area contributed by atoms with E-state index in [2.05, 4.69) is 32.3 Å². The van der Waals surface area contributed by atoms with Crippen molar-refractivity contribution in [1.82, 2.24) is 5.32 Å². The summed E-state index contributed by atoms with van der Waals surface area (Å²) < 4.78 is 0. The zero-order valence-electron chi connectivity index (χ0n) is 10.8. The van der Waals surface area contributed by atoms with Gasteiger partial charge in [0.2, 0.25) is 0 Å². The molecule has 0 amide bonds. The average Bonchev–Trinajstić information content (AvgIpc) is 2.18. The third-order valence-corrected chi connectivity index (χ3v) is 4.39. The van der Waals surface area contributed by atoms with Crippen LogP contribution < -0.4 is 5.32 Å². The number of rotatable bonds is 5. The molecule has 2 atom stereocenters. The van der Waals surface area contributed by atoms with E-state index in [1.165, 1.54) is 37.9 Å². The fourth-order valence-electron chi connectivity index (χ4n) is 2.52. The molecule has 1 rings (SSSR count). The topological polar surface area (TPSA) is 12.0 Å². The van der Waals surface area contributed by atoms with Crippen LogP contribution >= 0.6 is 11.8 Å². The number of hydrogen-bond donors (Lipinski definition) is 1. The van der Waals surface area contributed by atoms with E-state index in [9.17, 15) is 0 Å². The van der Waals surface area contributed by atoms with E-state index in [0.29, 0.717) is 11.5 Å². The van der Waals surface area contributed by atoms with Crippen LogP contribution in [-0.4, -0.2) is 24.1 Å². The summed E-state index contributed by atoms with van der Waals surface area (Å²) in [6, 6.07) is 1.42. The minimum Gasteiger partial charge on any atom is -0.311 e. The molecule has 0 aliphatic heterocycles. The lowest BCUT2D eigenvalue weighted by Gasteiger charge is -2.40. The predicted octanol–water partition coefficient (Wildman–Crippen LogP) is 3.69. The van der Waals surface area contributed by atoms with Crippen molar-refractivity contribution in [2.45, 2.75) is 65.0 Å². The standard InChI is InChI=1S/C13H27NS/c1-11(8-10-15-4)14-12-7-5-6-9-13(12,2)3/h11-12,14H,5-10H2,1-4H3. The van der Waals surface area contributed by atoms with Gasteiger partial charge in [0, 0.05) is 12.1 Å². The van der Waals surface area contributed by atoms with Crippen LogP contribution in [0.3, 0.4) is 0 Å². The Kier molecular flexibility index (Phi) is 5.48. The van der Waals surface area contributed by atoms with Crippen LogP contribution in [0.25, 0.3) is 0 Å². The van der Waals surface area contributed by atoms with Crippen LogP contribution in [0, 0.1) is 5.41 Å². The van der Waals surface area contributed by atoms with E-state index in [1.807, 2.05) is 11.8 Å². The first-order chi connectivity index (χ1) is 7.06. The quantitative estimate of drug-likeness (QED) is 0.772. The van der Waals surface area contributed by atoms with Gasteiger partial charge >= 0.3 is 0 Å². The van der Waals surface area contributed by atoms with Gasteiger partial charge in [0.25, 0.3) is 0 Å². The third kappa shape index (κ3) is 4.36. The molecule has 1 fully saturated rings. The smallest absolute Gasteiger partial charge is 0.0121 e. The Labute approximate surface area is 99.8 Å². The van der Waals surface area contributed by atoms with Crippen molar-refractivity contribution < 1.29 is 0 Å². The minimum atomic E-state index is 0.506. The summed E-state index contributed by atoms with van der Waals surface area (Å²) in [5, 5.41) is 3.83. The Bertz CT molecular complexity index is 179. The van der Waals surface area contributed by atoms with Crippen LogP contribution in [0.1, 0.15) is 52.9 Å². The van der Waals surface area contributed by atoms with Gasteiger partial charge in [-0.15, -0.1) is 0 Å². The SMILES string of the molecule is CSCCC(C)NC1CCCCC1(C)C. The van der Waals surface area contributed by atoms with Crippen molar-refractivity contribution >= 4 is 11.8 Å². The fourth-order valence-corrected chi connectivity index (χ4v) is 3.11. The Hall–Kier alpha value is 0.310. The van der Waals surface area contributed by atoms with Crippen LogP contribution in [0.4, 0.5) is 0 Å². The summed E-state index contributed by atoms with van der Waals surface area (Å²) in [7, 11) is 0. The molecular weight excluding hydrogens is 202 g/mol. The van der Waals surface area contributed by atoms with Gasteiger partial charge in [0.1, 0.15) is 0 Å². The van der Waals surface area contributed by atoms with Crippen LogP contribution in [0.2, 0.25) is 0 Å². The highest BCUT2D eigenvalue weighted by Crippen LogP contribution is 2.35. The zero-order chi connectivity index (χ0) is 11.3. The normalized spacial score (nSPS) is 27.6. The van der Waals surface area contributed by atoms with E-state index >= 15 is 0 Å². The molecule has 0 aromatic heterocycles. The number of nitrogens with one attached hydrogen (secondary N) is 1. The predicted molar refractivity (Wildman–Crippen MR) is 71.6 cm³/mol. The molecule has 2 heteroatoms. The van der Waals surface area contributed by atoms with E-state index in [0.717, 1.165) is 6.04 Å². The first kappa shape index (κ1) is 13.4. The second-order valence-corrected chi connectivity index (χ2v) is 6.62. The van der Waals surface area contributed by atoms with Crippen LogP contribution in [-0.2, 0) is 0 Å². The van der Waals surface area contributed by atoms with Crippen LogP contribution in [0.5, 0.6) is 0 Å². The molecule has 0 radical (unpaired) electrons.